The summed E-state index contributed by atoms with van der Waals surface area (Å²) in [6.07, 6.45) is 7.38. The predicted molar refractivity (Wildman–Crippen MR) is 134 cm³/mol. The van der Waals surface area contributed by atoms with E-state index in [1.165, 1.54) is 39.2 Å². The molecule has 0 bridgehead atoms. The van der Waals surface area contributed by atoms with Crippen LogP contribution in [0, 0.1) is 5.92 Å². The number of hydrogen-bond acceptors (Lipinski definition) is 5. The first-order valence-corrected chi connectivity index (χ1v) is 12.3. The van der Waals surface area contributed by atoms with Crippen molar-refractivity contribution in [2.45, 2.75) is 44.9 Å². The molecule has 34 heavy (non-hydrogen) atoms. The number of carbonyl (C=O) groups excluding carboxylic acids is 1. The van der Waals surface area contributed by atoms with Crippen molar-refractivity contribution in [1.82, 2.24) is 0 Å². The van der Waals surface area contributed by atoms with Crippen LogP contribution in [0.2, 0.25) is 0 Å². The SMILES string of the molecule is COC(=O)CCc1ccc(OCC2CCCCC2)c(-c2ccc3cc(OCCO)ccc3c2)c1. The predicted octanol–water partition coefficient (Wildman–Crippen LogP) is 5.94. The Balaban J connectivity index is 1.61. The van der Waals surface area contributed by atoms with E-state index in [2.05, 4.69) is 30.3 Å². The minimum absolute atomic E-state index is 0.00702. The van der Waals surface area contributed by atoms with E-state index in [9.17, 15) is 4.79 Å². The molecule has 0 unspecified atom stereocenters. The van der Waals surface area contributed by atoms with Gasteiger partial charge < -0.3 is 19.3 Å². The molecule has 0 saturated heterocycles. The topological polar surface area (TPSA) is 65.0 Å². The molecule has 1 N–H and O–H groups in total. The van der Waals surface area contributed by atoms with Gasteiger partial charge >= 0.3 is 5.97 Å². The molecule has 5 nitrogen and oxygen atoms in total. The summed E-state index contributed by atoms with van der Waals surface area (Å²) in [4.78, 5) is 11.7. The van der Waals surface area contributed by atoms with E-state index in [1.807, 2.05) is 24.3 Å². The van der Waals surface area contributed by atoms with Crippen molar-refractivity contribution >= 4 is 16.7 Å². The highest BCUT2D eigenvalue weighted by atomic mass is 16.5. The van der Waals surface area contributed by atoms with Gasteiger partial charge in [-0.25, -0.2) is 0 Å². The molecule has 0 aliphatic heterocycles. The Morgan fingerprint density at radius 2 is 1.74 bits per heavy atom. The number of esters is 1. The second-order valence-electron chi connectivity index (χ2n) is 9.02. The Morgan fingerprint density at radius 3 is 2.53 bits per heavy atom. The quantitative estimate of drug-likeness (QED) is 0.378. The van der Waals surface area contributed by atoms with E-state index in [0.29, 0.717) is 18.8 Å². The molecule has 5 heteroatoms. The van der Waals surface area contributed by atoms with Crippen LogP contribution < -0.4 is 9.47 Å². The lowest BCUT2D eigenvalue weighted by Crippen LogP contribution is -2.15. The third kappa shape index (κ3) is 6.29. The lowest BCUT2D eigenvalue weighted by Gasteiger charge is -2.23. The average Bonchev–Trinajstić information content (AvgIpc) is 2.89. The lowest BCUT2D eigenvalue weighted by atomic mass is 9.90. The Bertz CT molecular complexity index is 1100. The van der Waals surface area contributed by atoms with Crippen LogP contribution in [0.5, 0.6) is 11.5 Å². The van der Waals surface area contributed by atoms with Gasteiger partial charge in [-0.2, -0.15) is 0 Å². The molecule has 0 radical (unpaired) electrons. The minimum Gasteiger partial charge on any atom is -0.493 e. The third-order valence-electron chi connectivity index (χ3n) is 6.57. The molecule has 1 aliphatic carbocycles. The number of aryl methyl sites for hydroxylation is 1. The lowest BCUT2D eigenvalue weighted by molar-refractivity contribution is -0.140. The first kappa shape index (κ1) is 24.1. The van der Waals surface area contributed by atoms with Crippen molar-refractivity contribution in [2.24, 2.45) is 5.92 Å². The molecular weight excluding hydrogens is 428 g/mol. The van der Waals surface area contributed by atoms with E-state index in [4.69, 9.17) is 19.3 Å². The van der Waals surface area contributed by atoms with Gasteiger partial charge in [0.1, 0.15) is 18.1 Å². The van der Waals surface area contributed by atoms with E-state index in [0.717, 1.165) is 45.6 Å². The summed E-state index contributed by atoms with van der Waals surface area (Å²) in [5.74, 6) is 2.05. The molecule has 3 aromatic rings. The van der Waals surface area contributed by atoms with Gasteiger partial charge in [-0.3, -0.25) is 4.79 Å². The molecule has 1 saturated carbocycles. The fourth-order valence-corrected chi connectivity index (χ4v) is 4.64. The number of ether oxygens (including phenoxy) is 3. The summed E-state index contributed by atoms with van der Waals surface area (Å²) in [7, 11) is 1.42. The fourth-order valence-electron chi connectivity index (χ4n) is 4.64. The monoisotopic (exact) mass is 462 g/mol. The normalized spacial score (nSPS) is 14.2. The minimum atomic E-state index is -0.205. The second kappa shape index (κ2) is 11.9. The molecular formula is C29H34O5. The summed E-state index contributed by atoms with van der Waals surface area (Å²) in [6.45, 7) is 1.02. The third-order valence-corrected chi connectivity index (χ3v) is 6.57. The van der Waals surface area contributed by atoms with Crippen LogP contribution in [0.4, 0.5) is 0 Å². The summed E-state index contributed by atoms with van der Waals surface area (Å²) < 4.78 is 16.7. The maximum atomic E-state index is 11.7. The summed E-state index contributed by atoms with van der Waals surface area (Å²) in [6, 6.07) is 18.5. The zero-order valence-electron chi connectivity index (χ0n) is 19.9. The van der Waals surface area contributed by atoms with Crippen molar-refractivity contribution < 1.29 is 24.1 Å². The molecule has 180 valence electrons. The van der Waals surface area contributed by atoms with E-state index in [1.54, 1.807) is 0 Å². The van der Waals surface area contributed by atoms with E-state index >= 15 is 0 Å². The number of carbonyl (C=O) groups is 1. The highest BCUT2D eigenvalue weighted by molar-refractivity contribution is 5.89. The average molecular weight is 463 g/mol. The number of fused-ring (bicyclic) bond motifs is 1. The molecule has 4 rings (SSSR count). The number of rotatable bonds is 10. The highest BCUT2D eigenvalue weighted by Crippen LogP contribution is 2.35. The summed E-state index contributed by atoms with van der Waals surface area (Å²) in [5, 5.41) is 11.2. The number of methoxy groups -OCH3 is 1. The van der Waals surface area contributed by atoms with Crippen LogP contribution in [-0.2, 0) is 16.0 Å². The molecule has 0 heterocycles. The molecule has 0 atom stereocenters. The standard InChI is InChI=1S/C29H34O5/c1-32-29(31)14-8-21-7-13-28(34-20-22-5-3-2-4-6-22)27(17-21)25-10-9-24-19-26(33-16-15-30)12-11-23(24)18-25/h7,9-13,17-19,22,30H,2-6,8,14-16,20H2,1H3. The molecule has 1 aliphatic rings. The van der Waals surface area contributed by atoms with Gasteiger partial charge in [0.25, 0.3) is 0 Å². The van der Waals surface area contributed by atoms with Crippen LogP contribution in [0.1, 0.15) is 44.1 Å². The second-order valence-corrected chi connectivity index (χ2v) is 9.02. The number of hydrogen-bond donors (Lipinski definition) is 1. The Morgan fingerprint density at radius 1 is 0.941 bits per heavy atom. The Labute approximate surface area is 201 Å². The van der Waals surface area contributed by atoms with Crippen molar-refractivity contribution in [3.63, 3.8) is 0 Å². The van der Waals surface area contributed by atoms with Crippen LogP contribution in [0.15, 0.2) is 54.6 Å². The van der Waals surface area contributed by atoms with E-state index < -0.39 is 0 Å². The van der Waals surface area contributed by atoms with Gasteiger partial charge in [0.2, 0.25) is 0 Å². The van der Waals surface area contributed by atoms with Gasteiger partial charge in [-0.15, -0.1) is 0 Å². The van der Waals surface area contributed by atoms with Crippen LogP contribution in [-0.4, -0.2) is 38.0 Å². The molecule has 3 aromatic carbocycles. The van der Waals surface area contributed by atoms with Crippen molar-refractivity contribution in [3.8, 4) is 22.6 Å². The fraction of sp³-hybridized carbons (Fsp3) is 0.414. The number of aliphatic hydroxyl groups is 1. The molecule has 1 fully saturated rings. The van der Waals surface area contributed by atoms with Gasteiger partial charge in [-0.05, 0) is 77.4 Å². The zero-order chi connectivity index (χ0) is 23.8. The zero-order valence-corrected chi connectivity index (χ0v) is 19.9. The highest BCUT2D eigenvalue weighted by Gasteiger charge is 2.16. The smallest absolute Gasteiger partial charge is 0.305 e. The maximum absolute atomic E-state index is 11.7. The maximum Gasteiger partial charge on any atom is 0.305 e. The van der Waals surface area contributed by atoms with Gasteiger partial charge in [0.05, 0.1) is 20.3 Å². The van der Waals surface area contributed by atoms with Crippen molar-refractivity contribution in [1.29, 1.82) is 0 Å². The van der Waals surface area contributed by atoms with E-state index in [-0.39, 0.29) is 19.2 Å². The summed E-state index contributed by atoms with van der Waals surface area (Å²) in [5.41, 5.74) is 3.20. The molecule has 0 spiro atoms. The number of aliphatic hydroxyl groups excluding tert-OH is 1. The van der Waals surface area contributed by atoms with Crippen LogP contribution >= 0.6 is 0 Å². The van der Waals surface area contributed by atoms with Gasteiger partial charge in [0, 0.05) is 12.0 Å². The molecule has 0 amide bonds. The first-order chi connectivity index (χ1) is 16.7. The van der Waals surface area contributed by atoms with Gasteiger partial charge in [-0.1, -0.05) is 43.5 Å². The largest absolute Gasteiger partial charge is 0.493 e. The summed E-state index contributed by atoms with van der Waals surface area (Å²) >= 11 is 0. The first-order valence-electron chi connectivity index (χ1n) is 12.3. The Kier molecular flexibility index (Phi) is 8.42. The van der Waals surface area contributed by atoms with Crippen molar-refractivity contribution in [3.05, 3.63) is 60.2 Å². The van der Waals surface area contributed by atoms with Gasteiger partial charge in [0.15, 0.2) is 0 Å². The van der Waals surface area contributed by atoms with Crippen LogP contribution in [0.25, 0.3) is 21.9 Å². The molecule has 0 aromatic heterocycles. The number of benzene rings is 3. The Hall–Kier alpha value is -3.05. The van der Waals surface area contributed by atoms with Crippen molar-refractivity contribution in [2.75, 3.05) is 26.9 Å². The van der Waals surface area contributed by atoms with Crippen LogP contribution in [0.3, 0.4) is 0 Å².